The number of β-amino-alcohol motifs (C(OH)–C–C–N with tert-alkyl or cyclic N) is 1. The molecule has 2 amide bonds. The monoisotopic (exact) mass is 635 g/mol. The van der Waals surface area contributed by atoms with Crippen molar-refractivity contribution < 1.29 is 41.0 Å². The number of fused-ring (bicyclic) bond motifs is 1. The van der Waals surface area contributed by atoms with Gasteiger partial charge in [-0.25, -0.2) is 8.42 Å². The second kappa shape index (κ2) is 12.8. The van der Waals surface area contributed by atoms with Crippen LogP contribution in [0.4, 0.5) is 18.9 Å². The molecule has 9 nitrogen and oxygen atoms in total. The molecule has 2 aliphatic heterocycles. The zero-order valence-electron chi connectivity index (χ0n) is 21.9. The van der Waals surface area contributed by atoms with Crippen LogP contribution in [-0.4, -0.2) is 79.0 Å². The van der Waals surface area contributed by atoms with Crippen molar-refractivity contribution in [2.45, 2.75) is 55.1 Å². The Bertz CT molecular complexity index is 1390. The van der Waals surface area contributed by atoms with Crippen LogP contribution in [0.1, 0.15) is 36.4 Å². The molecular formula is C26H32F3N3O6S3. The zero-order valence-corrected chi connectivity index (χ0v) is 24.7. The maximum Gasteiger partial charge on any atom is 0.573 e. The van der Waals surface area contributed by atoms with Gasteiger partial charge in [0.2, 0.25) is 11.8 Å². The number of likely N-dealkylation sites (tertiary alicyclic amines) is 1. The van der Waals surface area contributed by atoms with Gasteiger partial charge in [0.15, 0.2) is 9.84 Å². The Morgan fingerprint density at radius 1 is 1.15 bits per heavy atom. The van der Waals surface area contributed by atoms with E-state index in [-0.39, 0.29) is 61.7 Å². The van der Waals surface area contributed by atoms with Gasteiger partial charge in [-0.1, -0.05) is 18.2 Å². The molecule has 0 spiro atoms. The summed E-state index contributed by atoms with van der Waals surface area (Å²) in [5.74, 6) is -1.97. The largest absolute Gasteiger partial charge is 0.573 e. The summed E-state index contributed by atoms with van der Waals surface area (Å²) in [5.41, 5.74) is 1.09. The Balaban J connectivity index is 0.00000231. The van der Waals surface area contributed by atoms with Gasteiger partial charge >= 0.3 is 6.36 Å². The lowest BCUT2D eigenvalue weighted by Gasteiger charge is -2.35. The van der Waals surface area contributed by atoms with Gasteiger partial charge in [-0.05, 0) is 54.7 Å². The quantitative estimate of drug-likeness (QED) is 0.459. The third-order valence-electron chi connectivity index (χ3n) is 7.05. The van der Waals surface area contributed by atoms with E-state index in [4.69, 9.17) is 0 Å². The zero-order chi connectivity index (χ0) is 27.9. The molecule has 2 aromatic rings. The van der Waals surface area contributed by atoms with Crippen LogP contribution >= 0.6 is 27.0 Å². The maximum absolute atomic E-state index is 13.8. The number of nitrogens with one attached hydrogen (secondary N) is 1. The first-order chi connectivity index (χ1) is 18.4. The number of ether oxygens (including phenoxy) is 1. The number of anilines is 1. The highest BCUT2D eigenvalue weighted by atomic mass is 32.2. The number of carbonyl (C=O) groups is 2. The van der Waals surface area contributed by atoms with Gasteiger partial charge in [0.05, 0.1) is 29.1 Å². The van der Waals surface area contributed by atoms with Crippen molar-refractivity contribution in [2.75, 3.05) is 30.7 Å². The number of carbonyl (C=O) groups excluding carboxylic acids is 2. The fourth-order valence-electron chi connectivity index (χ4n) is 5.24. The number of sulfone groups is 1. The molecule has 15 heteroatoms. The minimum absolute atomic E-state index is 0. The van der Waals surface area contributed by atoms with Crippen molar-refractivity contribution in [1.29, 1.82) is 0 Å². The highest BCUT2D eigenvalue weighted by Crippen LogP contribution is 2.38. The highest BCUT2D eigenvalue weighted by Gasteiger charge is 2.40. The van der Waals surface area contributed by atoms with E-state index in [1.54, 1.807) is 11.0 Å². The number of rotatable bonds is 8. The van der Waals surface area contributed by atoms with E-state index in [1.807, 2.05) is 4.90 Å². The van der Waals surface area contributed by atoms with Crippen molar-refractivity contribution in [2.24, 2.45) is 0 Å². The predicted molar refractivity (Wildman–Crippen MR) is 154 cm³/mol. The van der Waals surface area contributed by atoms with Crippen LogP contribution in [-0.2, 0) is 25.8 Å². The van der Waals surface area contributed by atoms with Crippen LogP contribution in [0.5, 0.6) is 5.75 Å². The number of nitrogens with zero attached hydrogens (tertiary/aromatic N) is 2. The van der Waals surface area contributed by atoms with Gasteiger partial charge in [-0.15, -0.1) is 13.2 Å². The summed E-state index contributed by atoms with van der Waals surface area (Å²) >= 11 is 0. The lowest BCUT2D eigenvalue weighted by atomic mass is 10.0. The number of amides is 2. The number of aliphatic hydroxyl groups excluding tert-OH is 1. The van der Waals surface area contributed by atoms with Gasteiger partial charge in [0, 0.05) is 25.7 Å². The summed E-state index contributed by atoms with van der Waals surface area (Å²) in [6.07, 6.45) is -3.45. The van der Waals surface area contributed by atoms with Gasteiger partial charge < -0.3 is 20.1 Å². The van der Waals surface area contributed by atoms with Gasteiger partial charge in [0.1, 0.15) is 11.5 Å². The van der Waals surface area contributed by atoms with E-state index in [0.29, 0.717) is 37.2 Å². The fourth-order valence-corrected chi connectivity index (χ4v) is 6.53. The smallest absolute Gasteiger partial charge is 0.406 e. The Kier molecular flexibility index (Phi) is 10.3. The van der Waals surface area contributed by atoms with Gasteiger partial charge in [-0.2, -0.15) is 27.0 Å². The normalized spacial score (nSPS) is 20.6. The molecule has 2 N–H and O–H groups in total. The van der Waals surface area contributed by atoms with Crippen LogP contribution in [0.15, 0.2) is 47.4 Å². The van der Waals surface area contributed by atoms with Crippen molar-refractivity contribution in [1.82, 2.24) is 9.80 Å². The average Bonchev–Trinajstić information content (AvgIpc) is 3.57. The number of hydrogen-bond donors (Lipinski definition) is 2. The SMILES string of the molecule is O=C1CS(=O)(=O)c2ccc(CC(=O)N(C3CC3)[C@H](CN3CC[C@H](O)C3)c3cccc(OC(F)(F)F)c3)cc2N1.S.S. The van der Waals surface area contributed by atoms with Crippen molar-refractivity contribution >= 4 is 54.3 Å². The third-order valence-corrected chi connectivity index (χ3v) is 8.72. The minimum Gasteiger partial charge on any atom is -0.406 e. The van der Waals surface area contributed by atoms with E-state index in [2.05, 4.69) is 10.1 Å². The van der Waals surface area contributed by atoms with Crippen LogP contribution in [0.3, 0.4) is 0 Å². The molecule has 0 aromatic heterocycles. The minimum atomic E-state index is -4.87. The summed E-state index contributed by atoms with van der Waals surface area (Å²) in [4.78, 5) is 29.3. The molecule has 1 aliphatic carbocycles. The summed E-state index contributed by atoms with van der Waals surface area (Å²) < 4.78 is 67.5. The van der Waals surface area contributed by atoms with Crippen molar-refractivity contribution in [3.63, 3.8) is 0 Å². The molecule has 2 aromatic carbocycles. The topological polar surface area (TPSA) is 116 Å². The second-order valence-electron chi connectivity index (χ2n) is 10.2. The number of alkyl halides is 3. The van der Waals surface area contributed by atoms with E-state index in [0.717, 1.165) is 12.8 Å². The summed E-state index contributed by atoms with van der Waals surface area (Å²) in [6.45, 7) is 1.29. The summed E-state index contributed by atoms with van der Waals surface area (Å²) in [6, 6.07) is 9.24. The van der Waals surface area contributed by atoms with Crippen molar-refractivity contribution in [3.05, 3.63) is 53.6 Å². The third kappa shape index (κ3) is 8.09. The highest BCUT2D eigenvalue weighted by molar-refractivity contribution is 7.92. The lowest BCUT2D eigenvalue weighted by molar-refractivity contribution is -0.274. The van der Waals surface area contributed by atoms with Crippen LogP contribution in [0, 0.1) is 0 Å². The Labute approximate surface area is 249 Å². The number of aliphatic hydroxyl groups is 1. The van der Waals surface area contributed by atoms with Gasteiger partial charge in [0.25, 0.3) is 0 Å². The number of benzene rings is 2. The first kappa shape index (κ1) is 33.0. The Morgan fingerprint density at radius 3 is 2.51 bits per heavy atom. The summed E-state index contributed by atoms with van der Waals surface area (Å²) in [7, 11) is -3.77. The molecular weight excluding hydrogens is 603 g/mol. The lowest BCUT2D eigenvalue weighted by Crippen LogP contribution is -2.43. The Morgan fingerprint density at radius 2 is 1.88 bits per heavy atom. The fraction of sp³-hybridized carbons (Fsp3) is 0.462. The molecule has 0 bridgehead atoms. The maximum atomic E-state index is 13.8. The van der Waals surface area contributed by atoms with E-state index >= 15 is 0 Å². The molecule has 0 unspecified atom stereocenters. The average molecular weight is 636 g/mol. The number of halogens is 3. The molecule has 5 rings (SSSR count). The molecule has 2 heterocycles. The molecule has 3 aliphatic rings. The molecule has 1 saturated carbocycles. The van der Waals surface area contributed by atoms with Gasteiger partial charge in [-0.3, -0.25) is 14.5 Å². The molecule has 2 atom stereocenters. The first-order valence-corrected chi connectivity index (χ1v) is 14.3. The van der Waals surface area contributed by atoms with E-state index in [9.17, 15) is 36.3 Å². The predicted octanol–water partition coefficient (Wildman–Crippen LogP) is 2.88. The van der Waals surface area contributed by atoms with E-state index in [1.165, 1.54) is 36.4 Å². The van der Waals surface area contributed by atoms with Crippen LogP contribution < -0.4 is 10.1 Å². The van der Waals surface area contributed by atoms with E-state index < -0.39 is 40.0 Å². The Hall–Kier alpha value is -2.46. The van der Waals surface area contributed by atoms with Crippen molar-refractivity contribution in [3.8, 4) is 5.75 Å². The molecule has 0 radical (unpaired) electrons. The number of hydrogen-bond acceptors (Lipinski definition) is 7. The molecule has 2 fully saturated rings. The second-order valence-corrected chi connectivity index (χ2v) is 12.1. The standard InChI is InChI=1S/C26H28F3N3O6S.2H2S/c27-26(28,29)38-20-3-1-2-17(12-20)22(14-31-9-8-19(33)13-31)32(18-5-6-18)25(35)11-16-4-7-23-21(10-16)30-24(34)15-39(23,36)37;;/h1-4,7,10,12,18-19,22,33H,5-6,8-9,11,13-15H2,(H,30,34);2*1H2/t19-,22+;;/m0../s1. The van der Waals surface area contributed by atoms with Crippen LogP contribution in [0.25, 0.3) is 0 Å². The molecule has 41 heavy (non-hydrogen) atoms. The molecule has 1 saturated heterocycles. The summed E-state index contributed by atoms with van der Waals surface area (Å²) in [5, 5.41) is 12.6. The molecule has 226 valence electrons. The van der Waals surface area contributed by atoms with Crippen LogP contribution in [0.2, 0.25) is 0 Å². The first-order valence-electron chi connectivity index (χ1n) is 12.6.